The van der Waals surface area contributed by atoms with Crippen LogP contribution in [-0.4, -0.2) is 16.8 Å². The summed E-state index contributed by atoms with van der Waals surface area (Å²) >= 11 is 0. The number of benzene rings is 4. The SMILES string of the molecule is CC=Cc1cc(C(CC)c2ccc(OS(=O)(=O)c3ccccc3)c(C=CC)c2)ccc1OS(=O)(=O)c1ccccc1. The first-order valence-corrected chi connectivity index (χ1v) is 16.0. The summed E-state index contributed by atoms with van der Waals surface area (Å²) in [5, 5.41) is 0. The second-order valence-corrected chi connectivity index (χ2v) is 12.3. The molecule has 0 aliphatic carbocycles. The van der Waals surface area contributed by atoms with E-state index in [4.69, 9.17) is 8.37 Å². The Kier molecular flexibility index (Phi) is 9.47. The van der Waals surface area contributed by atoms with E-state index < -0.39 is 20.2 Å². The summed E-state index contributed by atoms with van der Waals surface area (Å²) in [7, 11) is -8.00. The summed E-state index contributed by atoms with van der Waals surface area (Å²) in [6, 6.07) is 26.9. The van der Waals surface area contributed by atoms with Crippen molar-refractivity contribution in [3.63, 3.8) is 0 Å². The summed E-state index contributed by atoms with van der Waals surface area (Å²) in [4.78, 5) is 0.157. The van der Waals surface area contributed by atoms with Crippen LogP contribution in [0.5, 0.6) is 11.5 Å². The Morgan fingerprint density at radius 3 is 1.34 bits per heavy atom. The molecule has 212 valence electrons. The Morgan fingerprint density at radius 2 is 1.00 bits per heavy atom. The van der Waals surface area contributed by atoms with Crippen LogP contribution < -0.4 is 8.37 Å². The third-order valence-electron chi connectivity index (χ3n) is 6.44. The molecule has 4 rings (SSSR count). The number of allylic oxidation sites excluding steroid dienone is 2. The lowest BCUT2D eigenvalue weighted by Gasteiger charge is -2.20. The lowest BCUT2D eigenvalue weighted by Crippen LogP contribution is -2.11. The van der Waals surface area contributed by atoms with Crippen molar-refractivity contribution in [3.05, 3.63) is 131 Å². The van der Waals surface area contributed by atoms with Crippen molar-refractivity contribution in [2.45, 2.75) is 42.9 Å². The van der Waals surface area contributed by atoms with Crippen LogP contribution in [0, 0.1) is 0 Å². The van der Waals surface area contributed by atoms with Crippen LogP contribution in [0.15, 0.2) is 119 Å². The number of hydrogen-bond acceptors (Lipinski definition) is 6. The van der Waals surface area contributed by atoms with Gasteiger partial charge < -0.3 is 8.37 Å². The molecule has 0 saturated heterocycles. The second-order valence-electron chi connectivity index (χ2n) is 9.26. The lowest BCUT2D eigenvalue weighted by molar-refractivity contribution is 0.483. The lowest BCUT2D eigenvalue weighted by atomic mass is 9.87. The fourth-order valence-electron chi connectivity index (χ4n) is 4.51. The summed E-state index contributed by atoms with van der Waals surface area (Å²) in [6.45, 7) is 5.76. The van der Waals surface area contributed by atoms with E-state index in [9.17, 15) is 16.8 Å². The van der Waals surface area contributed by atoms with E-state index >= 15 is 0 Å². The van der Waals surface area contributed by atoms with E-state index in [0.717, 1.165) is 17.5 Å². The second kappa shape index (κ2) is 13.0. The van der Waals surface area contributed by atoms with Crippen LogP contribution in [-0.2, 0) is 20.2 Å². The number of rotatable bonds is 11. The van der Waals surface area contributed by atoms with Crippen molar-refractivity contribution in [2.75, 3.05) is 0 Å². The Balaban J connectivity index is 1.68. The molecular weight excluding hydrogens is 556 g/mol. The molecule has 0 aliphatic heterocycles. The maximum Gasteiger partial charge on any atom is 0.339 e. The van der Waals surface area contributed by atoms with E-state index in [-0.39, 0.29) is 27.2 Å². The van der Waals surface area contributed by atoms with E-state index in [1.807, 2.05) is 62.4 Å². The van der Waals surface area contributed by atoms with Crippen molar-refractivity contribution >= 4 is 32.4 Å². The highest BCUT2D eigenvalue weighted by Gasteiger charge is 2.22. The molecule has 0 fully saturated rings. The standard InChI is InChI=1S/C33H32O6S2/c1-4-13-27-23-25(19-21-32(27)38-40(34,35)29-15-9-7-10-16-29)31(6-3)26-20-22-33(28(24-26)14-5-2)39-41(36,37)30-17-11-8-12-18-30/h4-5,7-24,31H,6H2,1-3H3. The minimum atomic E-state index is -4.00. The van der Waals surface area contributed by atoms with Crippen LogP contribution in [0.2, 0.25) is 0 Å². The Hall–Kier alpha value is -4.14. The van der Waals surface area contributed by atoms with Gasteiger partial charge in [-0.15, -0.1) is 0 Å². The van der Waals surface area contributed by atoms with Crippen LogP contribution in [0.3, 0.4) is 0 Å². The molecule has 0 aromatic heterocycles. The smallest absolute Gasteiger partial charge is 0.339 e. The van der Waals surface area contributed by atoms with E-state index in [2.05, 4.69) is 6.92 Å². The van der Waals surface area contributed by atoms with Crippen molar-refractivity contribution in [1.29, 1.82) is 0 Å². The van der Waals surface area contributed by atoms with E-state index in [1.54, 1.807) is 48.5 Å². The molecule has 0 saturated carbocycles. The van der Waals surface area contributed by atoms with Crippen LogP contribution in [0.1, 0.15) is 55.4 Å². The molecule has 4 aromatic rings. The molecule has 0 amide bonds. The zero-order chi connectivity index (χ0) is 29.5. The predicted molar refractivity (Wildman–Crippen MR) is 163 cm³/mol. The molecule has 8 heteroatoms. The van der Waals surface area contributed by atoms with Gasteiger partial charge in [-0.3, -0.25) is 0 Å². The van der Waals surface area contributed by atoms with Gasteiger partial charge in [0, 0.05) is 17.0 Å². The normalized spacial score (nSPS) is 13.0. The maximum absolute atomic E-state index is 12.9. The molecule has 0 heterocycles. The molecule has 0 atom stereocenters. The molecule has 4 aromatic carbocycles. The average molecular weight is 589 g/mol. The first-order chi connectivity index (χ1) is 19.7. The fraction of sp³-hybridized carbons (Fsp3) is 0.152. The van der Waals surface area contributed by atoms with Crippen LogP contribution in [0.25, 0.3) is 12.2 Å². The van der Waals surface area contributed by atoms with Gasteiger partial charge in [-0.05, 0) is 79.9 Å². The van der Waals surface area contributed by atoms with Gasteiger partial charge in [-0.1, -0.05) is 79.8 Å². The maximum atomic E-state index is 12.9. The monoisotopic (exact) mass is 588 g/mol. The Labute approximate surface area is 242 Å². The first kappa shape index (κ1) is 29.8. The Bertz CT molecular complexity index is 1630. The van der Waals surface area contributed by atoms with Gasteiger partial charge in [0.05, 0.1) is 0 Å². The highest BCUT2D eigenvalue weighted by molar-refractivity contribution is 7.87. The van der Waals surface area contributed by atoms with Gasteiger partial charge in [-0.25, -0.2) is 0 Å². The van der Waals surface area contributed by atoms with Crippen LogP contribution in [0.4, 0.5) is 0 Å². The van der Waals surface area contributed by atoms with Crippen LogP contribution >= 0.6 is 0 Å². The largest absolute Gasteiger partial charge is 0.378 e. The van der Waals surface area contributed by atoms with Gasteiger partial charge >= 0.3 is 20.2 Å². The summed E-state index contributed by atoms with van der Waals surface area (Å²) < 4.78 is 62.5. The highest BCUT2D eigenvalue weighted by Crippen LogP contribution is 2.36. The molecule has 0 unspecified atom stereocenters. The molecule has 0 aliphatic rings. The Morgan fingerprint density at radius 1 is 0.610 bits per heavy atom. The van der Waals surface area contributed by atoms with Gasteiger partial charge in [0.1, 0.15) is 21.3 Å². The highest BCUT2D eigenvalue weighted by atomic mass is 32.2. The van der Waals surface area contributed by atoms with Crippen molar-refractivity contribution < 1.29 is 25.2 Å². The first-order valence-electron chi connectivity index (χ1n) is 13.2. The van der Waals surface area contributed by atoms with Gasteiger partial charge in [-0.2, -0.15) is 16.8 Å². The average Bonchev–Trinajstić information content (AvgIpc) is 2.97. The summed E-state index contributed by atoms with van der Waals surface area (Å²) in [5.74, 6) is 0.410. The molecule has 6 nitrogen and oxygen atoms in total. The summed E-state index contributed by atoms with van der Waals surface area (Å²) in [5.41, 5.74) is 3.18. The molecule has 0 N–H and O–H groups in total. The quantitative estimate of drug-likeness (QED) is 0.166. The molecule has 0 radical (unpaired) electrons. The van der Waals surface area contributed by atoms with Gasteiger partial charge in [0.25, 0.3) is 0 Å². The number of hydrogen-bond donors (Lipinski definition) is 0. The molecule has 0 spiro atoms. The minimum Gasteiger partial charge on any atom is -0.378 e. The zero-order valence-electron chi connectivity index (χ0n) is 23.1. The third-order valence-corrected chi connectivity index (χ3v) is 8.93. The minimum absolute atomic E-state index is 0.0532. The van der Waals surface area contributed by atoms with Crippen molar-refractivity contribution in [2.24, 2.45) is 0 Å². The van der Waals surface area contributed by atoms with Gasteiger partial charge in [0.15, 0.2) is 0 Å². The molecule has 41 heavy (non-hydrogen) atoms. The van der Waals surface area contributed by atoms with Crippen molar-refractivity contribution in [1.82, 2.24) is 0 Å². The third kappa shape index (κ3) is 7.14. The zero-order valence-corrected chi connectivity index (χ0v) is 24.7. The topological polar surface area (TPSA) is 86.7 Å². The van der Waals surface area contributed by atoms with E-state index in [0.29, 0.717) is 11.1 Å². The fourth-order valence-corrected chi connectivity index (χ4v) is 6.46. The predicted octanol–water partition coefficient (Wildman–Crippen LogP) is 7.83. The van der Waals surface area contributed by atoms with Crippen molar-refractivity contribution in [3.8, 4) is 11.5 Å². The van der Waals surface area contributed by atoms with Gasteiger partial charge in [0.2, 0.25) is 0 Å². The summed E-state index contributed by atoms with van der Waals surface area (Å²) in [6.07, 6.45) is 8.01. The molecule has 0 bridgehead atoms. The molecular formula is C33H32O6S2. The van der Waals surface area contributed by atoms with E-state index in [1.165, 1.54) is 24.3 Å².